The van der Waals surface area contributed by atoms with E-state index in [0.717, 1.165) is 31.9 Å². The Hall–Kier alpha value is -2.25. The summed E-state index contributed by atoms with van der Waals surface area (Å²) in [6.45, 7) is 4.34. The smallest absolute Gasteiger partial charge is 0.209 e. The molecule has 1 saturated heterocycles. The van der Waals surface area contributed by atoms with Crippen LogP contribution in [-0.2, 0) is 0 Å². The number of hydrogen-bond acceptors (Lipinski definition) is 7. The van der Waals surface area contributed by atoms with Crippen LogP contribution in [0.1, 0.15) is 0 Å². The van der Waals surface area contributed by atoms with E-state index in [0.29, 0.717) is 5.70 Å². The third kappa shape index (κ3) is 3.32. The highest BCUT2D eigenvalue weighted by molar-refractivity contribution is 5.78. The highest BCUT2D eigenvalue weighted by Crippen LogP contribution is 2.20. The van der Waals surface area contributed by atoms with Crippen LogP contribution in [-0.4, -0.2) is 55.6 Å². The Labute approximate surface area is 130 Å². The van der Waals surface area contributed by atoms with Crippen LogP contribution in [0.15, 0.2) is 41.2 Å². The van der Waals surface area contributed by atoms with Crippen LogP contribution in [0.5, 0.6) is 0 Å². The van der Waals surface area contributed by atoms with Crippen molar-refractivity contribution in [3.05, 3.63) is 36.2 Å². The Morgan fingerprint density at radius 2 is 1.82 bits per heavy atom. The normalized spacial score (nSPS) is 22.6. The van der Waals surface area contributed by atoms with E-state index >= 15 is 0 Å². The zero-order valence-electron chi connectivity index (χ0n) is 12.8. The van der Waals surface area contributed by atoms with Crippen LogP contribution in [0.2, 0.25) is 0 Å². The number of aliphatic imine (C=N–C) groups is 1. The quantitative estimate of drug-likeness (QED) is 0.691. The summed E-state index contributed by atoms with van der Waals surface area (Å²) in [6, 6.07) is 8.37. The van der Waals surface area contributed by atoms with E-state index in [-0.39, 0.29) is 6.29 Å². The predicted molar refractivity (Wildman–Crippen MR) is 90.4 cm³/mol. The predicted octanol–water partition coefficient (Wildman–Crippen LogP) is 0.194. The van der Waals surface area contributed by atoms with Crippen molar-refractivity contribution in [1.29, 1.82) is 0 Å². The lowest BCUT2D eigenvalue weighted by atomic mass is 10.2. The maximum absolute atomic E-state index is 5.86. The minimum absolute atomic E-state index is 0.332. The molecule has 2 aliphatic rings. The summed E-state index contributed by atoms with van der Waals surface area (Å²) in [5.41, 5.74) is 8.42. The molecule has 7 nitrogen and oxygen atoms in total. The van der Waals surface area contributed by atoms with Gasteiger partial charge in [-0.15, -0.1) is 0 Å². The Morgan fingerprint density at radius 3 is 2.45 bits per heavy atom. The molecule has 2 heterocycles. The first-order valence-electron chi connectivity index (χ1n) is 7.45. The monoisotopic (exact) mass is 301 g/mol. The fourth-order valence-corrected chi connectivity index (χ4v) is 2.60. The summed E-state index contributed by atoms with van der Waals surface area (Å²) in [5.74, 6) is 5.86. The van der Waals surface area contributed by atoms with Crippen molar-refractivity contribution in [2.45, 2.75) is 6.29 Å². The first kappa shape index (κ1) is 14.7. The van der Waals surface area contributed by atoms with E-state index in [4.69, 9.17) is 11.6 Å². The van der Waals surface area contributed by atoms with E-state index in [1.807, 2.05) is 0 Å². The fraction of sp³-hybridized carbons (Fsp3) is 0.400. The van der Waals surface area contributed by atoms with Gasteiger partial charge in [0, 0.05) is 43.8 Å². The van der Waals surface area contributed by atoms with Crippen LogP contribution in [0, 0.1) is 0 Å². The van der Waals surface area contributed by atoms with Gasteiger partial charge in [0.15, 0.2) is 0 Å². The highest BCUT2D eigenvalue weighted by Gasteiger charge is 2.16. The van der Waals surface area contributed by atoms with Crippen LogP contribution >= 0.6 is 0 Å². The van der Waals surface area contributed by atoms with Crippen molar-refractivity contribution in [2.24, 2.45) is 16.6 Å². The molecule has 2 aliphatic heterocycles. The first-order chi connectivity index (χ1) is 10.6. The van der Waals surface area contributed by atoms with Gasteiger partial charge in [-0.25, -0.2) is 10.8 Å². The van der Waals surface area contributed by atoms with Crippen LogP contribution in [0.4, 0.5) is 11.4 Å². The largest absolute Gasteiger partial charge is 0.396 e. The Morgan fingerprint density at radius 1 is 1.14 bits per heavy atom. The molecule has 1 unspecified atom stereocenters. The molecule has 118 valence electrons. The zero-order valence-corrected chi connectivity index (χ0v) is 12.8. The van der Waals surface area contributed by atoms with E-state index in [9.17, 15) is 0 Å². The molecule has 5 N–H and O–H groups in total. The summed E-state index contributed by atoms with van der Waals surface area (Å²) in [4.78, 5) is 9.02. The van der Waals surface area contributed by atoms with Crippen LogP contribution < -0.4 is 21.8 Å². The molecule has 0 amide bonds. The van der Waals surface area contributed by atoms with Crippen molar-refractivity contribution in [3.63, 3.8) is 0 Å². The molecular weight excluding hydrogens is 278 g/mol. The molecule has 3 rings (SSSR count). The van der Waals surface area contributed by atoms with Crippen molar-refractivity contribution < 1.29 is 0 Å². The van der Waals surface area contributed by atoms with Gasteiger partial charge in [0.2, 0.25) is 6.29 Å². The van der Waals surface area contributed by atoms with Crippen LogP contribution in [0.3, 0.4) is 0 Å². The second-order valence-corrected chi connectivity index (χ2v) is 5.71. The van der Waals surface area contributed by atoms with Crippen molar-refractivity contribution >= 4 is 17.6 Å². The number of hydrogen-bond donors (Lipinski definition) is 3. The molecule has 0 bridgehead atoms. The van der Waals surface area contributed by atoms with Gasteiger partial charge in [-0.1, -0.05) is 0 Å². The Bertz CT molecular complexity index is 558. The van der Waals surface area contributed by atoms with Crippen molar-refractivity contribution in [2.75, 3.05) is 43.4 Å². The summed E-state index contributed by atoms with van der Waals surface area (Å²) >= 11 is 0. The molecule has 7 heteroatoms. The molecule has 1 aromatic carbocycles. The molecule has 22 heavy (non-hydrogen) atoms. The number of nitrogens with one attached hydrogen (secondary N) is 1. The number of rotatable bonds is 3. The van der Waals surface area contributed by atoms with Gasteiger partial charge in [-0.2, -0.15) is 0 Å². The zero-order chi connectivity index (χ0) is 15.5. The summed E-state index contributed by atoms with van der Waals surface area (Å²) in [6.07, 6.45) is 2.94. The lowest BCUT2D eigenvalue weighted by Crippen LogP contribution is -2.44. The number of nitrogens with two attached hydrogens (primary N) is 2. The van der Waals surface area contributed by atoms with E-state index in [1.54, 1.807) is 12.4 Å². The van der Waals surface area contributed by atoms with Gasteiger partial charge in [0.1, 0.15) is 0 Å². The number of allylic oxidation sites excluding steroid dienone is 1. The number of likely N-dealkylation sites (N-methyl/N-ethyl adjacent to an activating group) is 1. The third-order valence-corrected chi connectivity index (χ3v) is 3.98. The summed E-state index contributed by atoms with van der Waals surface area (Å²) in [5, 5.41) is 4.73. The van der Waals surface area contributed by atoms with E-state index in [2.05, 4.69) is 51.4 Å². The van der Waals surface area contributed by atoms with Gasteiger partial charge >= 0.3 is 0 Å². The molecule has 0 aromatic heterocycles. The first-order valence-corrected chi connectivity index (χ1v) is 7.45. The molecule has 0 aliphatic carbocycles. The summed E-state index contributed by atoms with van der Waals surface area (Å²) < 4.78 is 0. The average Bonchev–Trinajstić information content (AvgIpc) is 2.52. The molecule has 0 radical (unpaired) electrons. The van der Waals surface area contributed by atoms with Gasteiger partial charge in [0.25, 0.3) is 0 Å². The van der Waals surface area contributed by atoms with E-state index < -0.39 is 0 Å². The number of benzene rings is 1. The average molecular weight is 301 g/mol. The third-order valence-electron chi connectivity index (χ3n) is 3.98. The number of nitrogens with zero attached hydrogens (tertiary/aromatic N) is 4. The standard InChI is InChI=1S/C15H23N7/c1-20-6-8-21(9-7-20)14-4-2-13(3-5-14)19-15-18-10-12(16)11-22(15)17/h2-5,10-11,15,19H,6-9,16-17H2,1H3. The lowest BCUT2D eigenvalue weighted by molar-refractivity contribution is 0.313. The minimum Gasteiger partial charge on any atom is -0.396 e. The molecule has 1 aromatic rings. The Kier molecular flexibility index (Phi) is 4.17. The second-order valence-electron chi connectivity index (χ2n) is 5.71. The second kappa shape index (κ2) is 6.25. The summed E-state index contributed by atoms with van der Waals surface area (Å²) in [7, 11) is 2.16. The molecule has 0 saturated carbocycles. The highest BCUT2D eigenvalue weighted by atomic mass is 15.5. The topological polar surface area (TPSA) is 86.2 Å². The SMILES string of the molecule is CN1CCN(c2ccc(NC3N=CC(N)=CN3N)cc2)CC1. The number of hydrazine groups is 1. The molecule has 0 spiro atoms. The van der Waals surface area contributed by atoms with Crippen molar-refractivity contribution in [3.8, 4) is 0 Å². The lowest BCUT2D eigenvalue weighted by Gasteiger charge is -2.34. The molecule has 1 atom stereocenters. The van der Waals surface area contributed by atoms with E-state index in [1.165, 1.54) is 10.7 Å². The maximum atomic E-state index is 5.86. The number of anilines is 2. The van der Waals surface area contributed by atoms with Crippen LogP contribution in [0.25, 0.3) is 0 Å². The minimum atomic E-state index is -0.332. The fourth-order valence-electron chi connectivity index (χ4n) is 2.60. The Balaban J connectivity index is 1.61. The van der Waals surface area contributed by atoms with Crippen molar-refractivity contribution in [1.82, 2.24) is 9.91 Å². The van der Waals surface area contributed by atoms with Gasteiger partial charge in [-0.05, 0) is 31.3 Å². The van der Waals surface area contributed by atoms with Gasteiger partial charge < -0.3 is 20.9 Å². The molecular formula is C15H23N7. The maximum Gasteiger partial charge on any atom is 0.209 e. The van der Waals surface area contributed by atoms with Gasteiger partial charge in [0.05, 0.1) is 11.9 Å². The van der Waals surface area contributed by atoms with Gasteiger partial charge in [-0.3, -0.25) is 5.01 Å². The molecule has 1 fully saturated rings. The number of piperazine rings is 1.